The van der Waals surface area contributed by atoms with Gasteiger partial charge in [0.05, 0.1) is 17.7 Å². The third kappa shape index (κ3) is 3.44. The number of aromatic nitrogens is 5. The first-order valence-electron chi connectivity index (χ1n) is 6.78. The summed E-state index contributed by atoms with van der Waals surface area (Å²) in [6.07, 6.45) is 0. The highest BCUT2D eigenvalue weighted by Crippen LogP contribution is 2.28. The number of amides is 1. The molecule has 0 atom stereocenters. The van der Waals surface area contributed by atoms with E-state index in [1.807, 2.05) is 13.8 Å². The maximum Gasteiger partial charge on any atom is 0.266 e. The van der Waals surface area contributed by atoms with Crippen LogP contribution in [-0.4, -0.2) is 42.5 Å². The minimum absolute atomic E-state index is 0.0333. The highest BCUT2D eigenvalue weighted by molar-refractivity contribution is 7.11. The fourth-order valence-electron chi connectivity index (χ4n) is 1.95. The van der Waals surface area contributed by atoms with Crippen LogP contribution in [-0.2, 0) is 12.0 Å². The standard InChI is InChI=1S/C13H20N6OS/c1-8(2)19(6-9-15-17-18-16-9)12(20)10-11(13(3,4)5)14-7-21-10/h7-8H,6H2,1-5H3,(H,15,16,17,18). The Bertz CT molecular complexity index is 598. The SMILES string of the molecule is CC(C)N(Cc1nn[nH]n1)C(=O)c1scnc1C(C)(C)C. The van der Waals surface area contributed by atoms with Crippen LogP contribution in [0.15, 0.2) is 5.51 Å². The van der Waals surface area contributed by atoms with E-state index >= 15 is 0 Å². The molecule has 0 fully saturated rings. The molecule has 21 heavy (non-hydrogen) atoms. The number of nitrogens with one attached hydrogen (secondary N) is 1. The average molecular weight is 308 g/mol. The molecule has 8 heteroatoms. The number of carbonyl (C=O) groups excluding carboxylic acids is 1. The van der Waals surface area contributed by atoms with E-state index in [-0.39, 0.29) is 17.4 Å². The Kier molecular flexibility index (Phi) is 4.36. The van der Waals surface area contributed by atoms with Gasteiger partial charge in [0, 0.05) is 11.5 Å². The van der Waals surface area contributed by atoms with Crippen LogP contribution in [0.4, 0.5) is 0 Å². The molecule has 0 unspecified atom stereocenters. The molecule has 0 radical (unpaired) electrons. The Morgan fingerprint density at radius 2 is 2.14 bits per heavy atom. The van der Waals surface area contributed by atoms with Gasteiger partial charge in [0.25, 0.3) is 5.91 Å². The van der Waals surface area contributed by atoms with Crippen LogP contribution in [0.2, 0.25) is 0 Å². The molecule has 2 aromatic rings. The van der Waals surface area contributed by atoms with E-state index in [9.17, 15) is 4.79 Å². The van der Waals surface area contributed by atoms with Crippen molar-refractivity contribution in [2.75, 3.05) is 0 Å². The molecule has 0 aromatic carbocycles. The first-order valence-corrected chi connectivity index (χ1v) is 7.66. The van der Waals surface area contributed by atoms with Crippen LogP contribution >= 0.6 is 11.3 Å². The van der Waals surface area contributed by atoms with Crippen molar-refractivity contribution in [3.05, 3.63) is 21.9 Å². The van der Waals surface area contributed by atoms with Crippen LogP contribution in [0.1, 0.15) is 55.8 Å². The molecule has 7 nitrogen and oxygen atoms in total. The minimum atomic E-state index is -0.167. The number of hydrogen-bond donors (Lipinski definition) is 1. The van der Waals surface area contributed by atoms with E-state index in [2.05, 4.69) is 46.4 Å². The summed E-state index contributed by atoms with van der Waals surface area (Å²) in [5.74, 6) is 0.459. The van der Waals surface area contributed by atoms with Crippen molar-refractivity contribution in [2.45, 2.75) is 52.6 Å². The number of aromatic amines is 1. The van der Waals surface area contributed by atoms with Crippen molar-refractivity contribution in [1.82, 2.24) is 30.5 Å². The number of hydrogen-bond acceptors (Lipinski definition) is 6. The number of rotatable bonds is 4. The smallest absolute Gasteiger partial charge is 0.266 e. The summed E-state index contributed by atoms with van der Waals surface area (Å²) in [6.45, 7) is 10.4. The molecule has 2 heterocycles. The van der Waals surface area contributed by atoms with Crippen LogP contribution in [0.3, 0.4) is 0 Å². The first kappa shape index (κ1) is 15.6. The molecule has 0 saturated carbocycles. The maximum atomic E-state index is 12.9. The molecule has 0 saturated heterocycles. The Hall–Kier alpha value is -1.83. The average Bonchev–Trinajstić information content (AvgIpc) is 3.04. The molecule has 2 rings (SSSR count). The fourth-order valence-corrected chi connectivity index (χ4v) is 2.91. The van der Waals surface area contributed by atoms with Gasteiger partial charge in [-0.15, -0.1) is 21.5 Å². The molecule has 2 aromatic heterocycles. The van der Waals surface area contributed by atoms with E-state index in [0.29, 0.717) is 17.2 Å². The monoisotopic (exact) mass is 308 g/mol. The number of tetrazole rings is 1. The summed E-state index contributed by atoms with van der Waals surface area (Å²) in [7, 11) is 0. The topological polar surface area (TPSA) is 87.7 Å². The molecule has 114 valence electrons. The zero-order valence-electron chi connectivity index (χ0n) is 12.9. The van der Waals surface area contributed by atoms with Gasteiger partial charge in [0.1, 0.15) is 4.88 Å². The highest BCUT2D eigenvalue weighted by atomic mass is 32.1. The summed E-state index contributed by atoms with van der Waals surface area (Å²) in [6, 6.07) is 0.0333. The Balaban J connectivity index is 2.29. The predicted octanol–water partition coefficient (Wildman–Crippen LogP) is 2.00. The second-order valence-corrected chi connectivity index (χ2v) is 6.99. The van der Waals surface area contributed by atoms with Crippen molar-refractivity contribution in [3.63, 3.8) is 0 Å². The second-order valence-electron chi connectivity index (χ2n) is 6.13. The van der Waals surface area contributed by atoms with Crippen LogP contribution in [0, 0.1) is 0 Å². The van der Waals surface area contributed by atoms with Gasteiger partial charge in [0.15, 0.2) is 5.82 Å². The lowest BCUT2D eigenvalue weighted by Gasteiger charge is -2.26. The van der Waals surface area contributed by atoms with E-state index in [0.717, 1.165) is 5.69 Å². The number of H-pyrrole nitrogens is 1. The number of thiazole rings is 1. The molecule has 1 N–H and O–H groups in total. The van der Waals surface area contributed by atoms with Gasteiger partial charge in [-0.05, 0) is 13.8 Å². The fraction of sp³-hybridized carbons (Fsp3) is 0.615. The van der Waals surface area contributed by atoms with Gasteiger partial charge >= 0.3 is 0 Å². The Morgan fingerprint density at radius 1 is 1.43 bits per heavy atom. The maximum absolute atomic E-state index is 12.9. The van der Waals surface area contributed by atoms with Crippen molar-refractivity contribution in [1.29, 1.82) is 0 Å². The van der Waals surface area contributed by atoms with E-state index in [1.165, 1.54) is 11.3 Å². The largest absolute Gasteiger partial charge is 0.328 e. The van der Waals surface area contributed by atoms with Gasteiger partial charge in [0.2, 0.25) is 0 Å². The summed E-state index contributed by atoms with van der Waals surface area (Å²) in [4.78, 5) is 19.6. The zero-order chi connectivity index (χ0) is 15.6. The highest BCUT2D eigenvalue weighted by Gasteiger charge is 2.29. The normalized spacial score (nSPS) is 11.9. The lowest BCUT2D eigenvalue weighted by molar-refractivity contribution is 0.0687. The van der Waals surface area contributed by atoms with E-state index in [4.69, 9.17) is 0 Å². The van der Waals surface area contributed by atoms with E-state index < -0.39 is 0 Å². The third-order valence-electron chi connectivity index (χ3n) is 3.06. The van der Waals surface area contributed by atoms with Crippen molar-refractivity contribution >= 4 is 17.2 Å². The molecular formula is C13H20N6OS. The van der Waals surface area contributed by atoms with Gasteiger partial charge in [-0.1, -0.05) is 26.0 Å². The van der Waals surface area contributed by atoms with Crippen LogP contribution < -0.4 is 0 Å². The molecule has 1 amide bonds. The quantitative estimate of drug-likeness (QED) is 0.933. The molecular weight excluding hydrogens is 288 g/mol. The molecule has 0 bridgehead atoms. The lowest BCUT2D eigenvalue weighted by atomic mass is 9.91. The van der Waals surface area contributed by atoms with Gasteiger partial charge in [-0.3, -0.25) is 4.79 Å². The van der Waals surface area contributed by atoms with Gasteiger partial charge < -0.3 is 4.90 Å². The molecule has 0 aliphatic heterocycles. The summed E-state index contributed by atoms with van der Waals surface area (Å²) >= 11 is 1.38. The minimum Gasteiger partial charge on any atom is -0.328 e. The van der Waals surface area contributed by atoms with Crippen LogP contribution in [0.5, 0.6) is 0 Å². The lowest BCUT2D eigenvalue weighted by Crippen LogP contribution is -2.37. The number of carbonyl (C=O) groups is 1. The van der Waals surface area contributed by atoms with E-state index in [1.54, 1.807) is 10.4 Å². The first-order chi connectivity index (χ1) is 9.80. The zero-order valence-corrected chi connectivity index (χ0v) is 13.7. The predicted molar refractivity (Wildman–Crippen MR) is 80.0 cm³/mol. The molecule has 0 aliphatic carbocycles. The second kappa shape index (κ2) is 5.88. The van der Waals surface area contributed by atoms with Crippen molar-refractivity contribution in [2.24, 2.45) is 0 Å². The van der Waals surface area contributed by atoms with Gasteiger partial charge in [-0.2, -0.15) is 5.21 Å². The third-order valence-corrected chi connectivity index (χ3v) is 3.87. The molecule has 0 aliphatic rings. The number of nitrogens with zero attached hydrogens (tertiary/aromatic N) is 5. The summed E-state index contributed by atoms with van der Waals surface area (Å²) in [5, 5.41) is 13.8. The summed E-state index contributed by atoms with van der Waals surface area (Å²) in [5.41, 5.74) is 2.39. The Labute approximate surface area is 127 Å². The Morgan fingerprint density at radius 3 is 2.67 bits per heavy atom. The van der Waals surface area contributed by atoms with Gasteiger partial charge in [-0.25, -0.2) is 4.98 Å². The van der Waals surface area contributed by atoms with Crippen molar-refractivity contribution in [3.8, 4) is 0 Å². The summed E-state index contributed by atoms with van der Waals surface area (Å²) < 4.78 is 0. The van der Waals surface area contributed by atoms with Crippen molar-refractivity contribution < 1.29 is 4.79 Å². The van der Waals surface area contributed by atoms with Crippen LogP contribution in [0.25, 0.3) is 0 Å². The molecule has 0 spiro atoms.